The molecule has 0 saturated carbocycles. The lowest BCUT2D eigenvalue weighted by Crippen LogP contribution is -2.37. The highest BCUT2D eigenvalue weighted by Crippen LogP contribution is 2.33. The molecule has 0 atom stereocenters. The van der Waals surface area contributed by atoms with Gasteiger partial charge < -0.3 is 14.8 Å². The summed E-state index contributed by atoms with van der Waals surface area (Å²) in [6.45, 7) is -0.486. The minimum atomic E-state index is -3.87. The number of hydrogen-bond acceptors (Lipinski definition) is 7. The molecule has 8 nitrogen and oxygen atoms in total. The quantitative estimate of drug-likeness (QED) is 0.202. The molecule has 0 aliphatic rings. The summed E-state index contributed by atoms with van der Waals surface area (Å²) >= 11 is 1.48. The van der Waals surface area contributed by atoms with Gasteiger partial charge in [0.05, 0.1) is 30.3 Å². The maximum absolute atomic E-state index is 13.0. The number of sulfonamides is 1. The van der Waals surface area contributed by atoms with Crippen LogP contribution in [-0.2, 0) is 14.8 Å². The number of anilines is 2. The van der Waals surface area contributed by atoms with E-state index in [2.05, 4.69) is 5.32 Å². The first-order valence-corrected chi connectivity index (χ1v) is 14.5. The third kappa shape index (κ3) is 7.62. The van der Waals surface area contributed by atoms with Gasteiger partial charge in [0.25, 0.3) is 0 Å². The smallest absolute Gasteiger partial charge is 0.343 e. The summed E-state index contributed by atoms with van der Waals surface area (Å²) in [5.74, 6) is -0.294. The standard InChI is InChI=1S/C29H26N2O6S2/c1-36-23-15-17-24(18-16-23)37-29(33)21-9-8-10-22(19-21)31(39(2,34)35)20-28(32)30-26-13-6-7-14-27(26)38-25-11-4-3-5-12-25/h3-19H,20H2,1-2H3,(H,30,32). The molecule has 4 aromatic rings. The zero-order chi connectivity index (χ0) is 27.8. The van der Waals surface area contributed by atoms with Crippen LogP contribution in [0.4, 0.5) is 11.4 Å². The van der Waals surface area contributed by atoms with E-state index in [1.807, 2.05) is 42.5 Å². The minimum absolute atomic E-state index is 0.127. The van der Waals surface area contributed by atoms with Crippen molar-refractivity contribution < 1.29 is 27.5 Å². The monoisotopic (exact) mass is 562 g/mol. The Bertz CT molecular complexity index is 1560. The highest BCUT2D eigenvalue weighted by Gasteiger charge is 2.23. The van der Waals surface area contributed by atoms with Crippen molar-refractivity contribution in [3.8, 4) is 11.5 Å². The number of methoxy groups -OCH3 is 1. The molecule has 10 heteroatoms. The Labute approximate surface area is 231 Å². The number of nitrogens with zero attached hydrogens (tertiary/aromatic N) is 1. The van der Waals surface area contributed by atoms with Gasteiger partial charge in [-0.05, 0) is 66.7 Å². The van der Waals surface area contributed by atoms with E-state index in [-0.39, 0.29) is 11.3 Å². The van der Waals surface area contributed by atoms with E-state index >= 15 is 0 Å². The summed E-state index contributed by atoms with van der Waals surface area (Å²) in [4.78, 5) is 27.6. The third-order valence-electron chi connectivity index (χ3n) is 5.46. The Hall–Kier alpha value is -4.28. The van der Waals surface area contributed by atoms with Crippen molar-refractivity contribution in [2.75, 3.05) is 29.5 Å². The van der Waals surface area contributed by atoms with E-state index in [9.17, 15) is 18.0 Å². The molecule has 200 valence electrons. The summed E-state index contributed by atoms with van der Waals surface area (Å²) in [6.07, 6.45) is 1.00. The summed E-state index contributed by atoms with van der Waals surface area (Å²) < 4.78 is 36.8. The molecule has 0 radical (unpaired) electrons. The minimum Gasteiger partial charge on any atom is -0.497 e. The Balaban J connectivity index is 1.50. The van der Waals surface area contributed by atoms with Crippen LogP contribution in [0.25, 0.3) is 0 Å². The number of para-hydroxylation sites is 1. The average Bonchev–Trinajstić information content (AvgIpc) is 2.93. The predicted octanol–water partition coefficient (Wildman–Crippen LogP) is 5.47. The molecular formula is C29H26N2O6S2. The molecule has 0 bridgehead atoms. The topological polar surface area (TPSA) is 102 Å². The van der Waals surface area contributed by atoms with E-state index in [4.69, 9.17) is 9.47 Å². The van der Waals surface area contributed by atoms with Crippen LogP contribution in [-0.4, -0.2) is 40.2 Å². The van der Waals surface area contributed by atoms with Crippen LogP contribution in [0.15, 0.2) is 113 Å². The summed E-state index contributed by atoms with van der Waals surface area (Å²) in [5, 5.41) is 2.81. The SMILES string of the molecule is COc1ccc(OC(=O)c2cccc(N(CC(=O)Nc3ccccc3Sc3ccccc3)S(C)(=O)=O)c2)cc1. The second-order valence-corrected chi connectivity index (χ2v) is 11.4. The van der Waals surface area contributed by atoms with Crippen LogP contribution < -0.4 is 19.1 Å². The number of carbonyl (C=O) groups excluding carboxylic acids is 2. The first-order chi connectivity index (χ1) is 18.7. The lowest BCUT2D eigenvalue weighted by molar-refractivity contribution is -0.114. The number of nitrogens with one attached hydrogen (secondary N) is 1. The molecule has 1 amide bonds. The highest BCUT2D eigenvalue weighted by molar-refractivity contribution is 7.99. The normalized spacial score (nSPS) is 10.9. The molecule has 1 N–H and O–H groups in total. The van der Waals surface area contributed by atoms with E-state index in [0.29, 0.717) is 17.2 Å². The first-order valence-electron chi connectivity index (χ1n) is 11.8. The number of amides is 1. The van der Waals surface area contributed by atoms with E-state index in [0.717, 1.165) is 20.4 Å². The van der Waals surface area contributed by atoms with Crippen LogP contribution >= 0.6 is 11.8 Å². The average molecular weight is 563 g/mol. The van der Waals surface area contributed by atoms with Gasteiger partial charge in [-0.25, -0.2) is 13.2 Å². The van der Waals surface area contributed by atoms with Crippen LogP contribution in [0.2, 0.25) is 0 Å². The number of hydrogen-bond donors (Lipinski definition) is 1. The van der Waals surface area contributed by atoms with Gasteiger partial charge >= 0.3 is 5.97 Å². The van der Waals surface area contributed by atoms with Crippen molar-refractivity contribution in [1.82, 2.24) is 0 Å². The summed E-state index contributed by atoms with van der Waals surface area (Å²) in [5.41, 5.74) is 0.840. The van der Waals surface area contributed by atoms with Crippen molar-refractivity contribution in [2.24, 2.45) is 0 Å². The number of esters is 1. The maximum atomic E-state index is 13.0. The number of rotatable bonds is 10. The zero-order valence-corrected chi connectivity index (χ0v) is 22.9. The second-order valence-electron chi connectivity index (χ2n) is 8.34. The zero-order valence-electron chi connectivity index (χ0n) is 21.2. The van der Waals surface area contributed by atoms with E-state index < -0.39 is 28.4 Å². The Morgan fingerprint density at radius 2 is 1.51 bits per heavy atom. The molecule has 0 spiro atoms. The van der Waals surface area contributed by atoms with Crippen LogP contribution in [0.1, 0.15) is 10.4 Å². The first kappa shape index (κ1) is 27.7. The summed E-state index contributed by atoms with van der Waals surface area (Å²) in [6, 6.07) is 29.4. The Morgan fingerprint density at radius 3 is 2.21 bits per heavy atom. The number of carbonyl (C=O) groups is 2. The van der Waals surface area contributed by atoms with E-state index in [1.165, 1.54) is 43.1 Å². The van der Waals surface area contributed by atoms with Crippen LogP contribution in [0.5, 0.6) is 11.5 Å². The predicted molar refractivity (Wildman–Crippen MR) is 152 cm³/mol. The van der Waals surface area contributed by atoms with Gasteiger partial charge in [-0.1, -0.05) is 48.2 Å². The van der Waals surface area contributed by atoms with Gasteiger partial charge in [0.15, 0.2) is 0 Å². The van der Waals surface area contributed by atoms with Gasteiger partial charge in [-0.15, -0.1) is 0 Å². The highest BCUT2D eigenvalue weighted by atomic mass is 32.2. The van der Waals surface area contributed by atoms with Crippen LogP contribution in [0.3, 0.4) is 0 Å². The van der Waals surface area contributed by atoms with Gasteiger partial charge in [0.2, 0.25) is 15.9 Å². The fourth-order valence-corrected chi connectivity index (χ4v) is 5.36. The third-order valence-corrected chi connectivity index (χ3v) is 7.68. The Morgan fingerprint density at radius 1 is 0.846 bits per heavy atom. The maximum Gasteiger partial charge on any atom is 0.343 e. The van der Waals surface area contributed by atoms with Gasteiger partial charge in [-0.3, -0.25) is 9.10 Å². The molecule has 4 aromatic carbocycles. The lowest BCUT2D eigenvalue weighted by Gasteiger charge is -2.22. The second kappa shape index (κ2) is 12.5. The van der Waals surface area contributed by atoms with Crippen molar-refractivity contribution in [2.45, 2.75) is 9.79 Å². The molecule has 0 aromatic heterocycles. The van der Waals surface area contributed by atoms with Crippen LogP contribution in [0, 0.1) is 0 Å². The summed E-state index contributed by atoms with van der Waals surface area (Å²) in [7, 11) is -2.34. The number of benzene rings is 4. The van der Waals surface area contributed by atoms with Gasteiger partial charge in [-0.2, -0.15) is 0 Å². The van der Waals surface area contributed by atoms with Crippen molar-refractivity contribution in [3.05, 3.63) is 109 Å². The Kier molecular flexibility index (Phi) is 8.90. The molecule has 39 heavy (non-hydrogen) atoms. The molecule has 0 unspecified atom stereocenters. The lowest BCUT2D eigenvalue weighted by atomic mass is 10.2. The molecular weight excluding hydrogens is 536 g/mol. The van der Waals surface area contributed by atoms with Gasteiger partial charge in [0, 0.05) is 9.79 Å². The van der Waals surface area contributed by atoms with Crippen molar-refractivity contribution in [1.29, 1.82) is 0 Å². The molecule has 0 aliphatic heterocycles. The van der Waals surface area contributed by atoms with Crippen molar-refractivity contribution >= 4 is 45.0 Å². The fraction of sp³-hybridized carbons (Fsp3) is 0.103. The van der Waals surface area contributed by atoms with Crippen molar-refractivity contribution in [3.63, 3.8) is 0 Å². The molecule has 0 heterocycles. The van der Waals surface area contributed by atoms with E-state index in [1.54, 1.807) is 36.4 Å². The largest absolute Gasteiger partial charge is 0.497 e. The molecule has 0 aliphatic carbocycles. The molecule has 0 fully saturated rings. The number of ether oxygens (including phenoxy) is 2. The molecule has 0 saturated heterocycles. The molecule has 4 rings (SSSR count). The van der Waals surface area contributed by atoms with Gasteiger partial charge in [0.1, 0.15) is 18.0 Å². The fourth-order valence-electron chi connectivity index (χ4n) is 3.59.